The van der Waals surface area contributed by atoms with Crippen molar-refractivity contribution in [2.75, 3.05) is 7.11 Å². The maximum atomic E-state index is 12.6. The lowest BCUT2D eigenvalue weighted by molar-refractivity contribution is -0.123. The number of hydrogen-bond acceptors (Lipinski definition) is 6. The molecule has 0 atom stereocenters. The number of amides is 3. The van der Waals surface area contributed by atoms with E-state index in [9.17, 15) is 14.4 Å². The lowest BCUT2D eigenvalue weighted by Gasteiger charge is -2.10. The molecule has 2 aromatic rings. The molecular formula is C20H20N2O6. The molecule has 0 aliphatic carbocycles. The van der Waals surface area contributed by atoms with Gasteiger partial charge in [0.1, 0.15) is 17.2 Å². The fraction of sp³-hybridized carbons (Fsp3) is 0.250. The Hall–Kier alpha value is -3.55. The van der Waals surface area contributed by atoms with Crippen LogP contribution in [0.1, 0.15) is 35.7 Å². The van der Waals surface area contributed by atoms with Crippen LogP contribution in [0.2, 0.25) is 0 Å². The number of nitrogens with one attached hydrogen (secondary N) is 1. The molecule has 0 spiro atoms. The zero-order valence-corrected chi connectivity index (χ0v) is 15.7. The van der Waals surface area contributed by atoms with Crippen LogP contribution in [0.3, 0.4) is 0 Å². The van der Waals surface area contributed by atoms with E-state index in [0.29, 0.717) is 5.75 Å². The summed E-state index contributed by atoms with van der Waals surface area (Å²) in [5.74, 6) is -0.160. The van der Waals surface area contributed by atoms with Crippen LogP contribution in [0, 0.1) is 0 Å². The van der Waals surface area contributed by atoms with E-state index in [1.54, 1.807) is 24.3 Å². The lowest BCUT2D eigenvalue weighted by atomic mass is 10.2. The first-order valence-electron chi connectivity index (χ1n) is 8.65. The summed E-state index contributed by atoms with van der Waals surface area (Å²) >= 11 is 0. The van der Waals surface area contributed by atoms with Gasteiger partial charge in [-0.1, -0.05) is 12.1 Å². The molecule has 1 aliphatic heterocycles. The minimum atomic E-state index is -0.632. The first kappa shape index (κ1) is 19.2. The van der Waals surface area contributed by atoms with Crippen LogP contribution in [0.15, 0.2) is 46.5 Å². The molecule has 1 aromatic heterocycles. The SMILES string of the molecule is COC(=O)c1ccc(CN2C(=O)NC(=Cc3cccc(OC(C)C)c3)C2=O)o1. The Balaban J connectivity index is 1.75. The van der Waals surface area contributed by atoms with Crippen molar-refractivity contribution in [3.8, 4) is 5.75 Å². The second kappa shape index (κ2) is 7.99. The zero-order valence-electron chi connectivity index (χ0n) is 15.7. The fourth-order valence-electron chi connectivity index (χ4n) is 2.66. The molecule has 28 heavy (non-hydrogen) atoms. The standard InChI is InChI=1S/C20H20N2O6/c1-12(2)27-14-6-4-5-13(9-14)10-16-18(23)22(20(25)21-16)11-15-7-8-17(28-15)19(24)26-3/h4-10,12H,11H2,1-3H3,(H,21,25). The monoisotopic (exact) mass is 384 g/mol. The molecule has 8 heteroatoms. The smallest absolute Gasteiger partial charge is 0.373 e. The van der Waals surface area contributed by atoms with Crippen LogP contribution in [0.4, 0.5) is 4.79 Å². The molecule has 2 heterocycles. The largest absolute Gasteiger partial charge is 0.491 e. The Kier molecular flexibility index (Phi) is 5.49. The first-order valence-corrected chi connectivity index (χ1v) is 8.65. The van der Waals surface area contributed by atoms with Gasteiger partial charge in [-0.15, -0.1) is 0 Å². The average molecular weight is 384 g/mol. The van der Waals surface area contributed by atoms with Gasteiger partial charge >= 0.3 is 12.0 Å². The quantitative estimate of drug-likeness (QED) is 0.467. The van der Waals surface area contributed by atoms with E-state index in [-0.39, 0.29) is 29.9 Å². The van der Waals surface area contributed by atoms with Crippen molar-refractivity contribution in [3.05, 3.63) is 59.2 Å². The first-order chi connectivity index (χ1) is 13.4. The maximum Gasteiger partial charge on any atom is 0.373 e. The molecule has 0 bridgehead atoms. The Morgan fingerprint density at radius 2 is 2.04 bits per heavy atom. The number of imide groups is 1. The van der Waals surface area contributed by atoms with Gasteiger partial charge in [0.25, 0.3) is 5.91 Å². The van der Waals surface area contributed by atoms with E-state index in [4.69, 9.17) is 9.15 Å². The third kappa shape index (κ3) is 4.22. The molecule has 3 amide bonds. The summed E-state index contributed by atoms with van der Waals surface area (Å²) in [4.78, 5) is 37.2. The number of benzene rings is 1. The molecule has 1 N–H and O–H groups in total. The summed E-state index contributed by atoms with van der Waals surface area (Å²) < 4.78 is 15.5. The topological polar surface area (TPSA) is 98.1 Å². The van der Waals surface area contributed by atoms with E-state index in [1.165, 1.54) is 19.2 Å². The van der Waals surface area contributed by atoms with Gasteiger partial charge in [0.05, 0.1) is 19.8 Å². The summed E-state index contributed by atoms with van der Waals surface area (Å²) in [6, 6.07) is 9.58. The predicted octanol–water partition coefficient (Wildman–Crippen LogP) is 2.95. The zero-order chi connectivity index (χ0) is 20.3. The van der Waals surface area contributed by atoms with Gasteiger partial charge in [-0.2, -0.15) is 0 Å². The highest BCUT2D eigenvalue weighted by atomic mass is 16.5. The highest BCUT2D eigenvalue weighted by Gasteiger charge is 2.34. The van der Waals surface area contributed by atoms with Crippen molar-refractivity contribution in [1.82, 2.24) is 10.2 Å². The van der Waals surface area contributed by atoms with Gasteiger partial charge < -0.3 is 19.2 Å². The van der Waals surface area contributed by atoms with Gasteiger partial charge in [-0.05, 0) is 49.8 Å². The number of nitrogens with zero attached hydrogens (tertiary/aromatic N) is 1. The Bertz CT molecular complexity index is 944. The molecule has 8 nitrogen and oxygen atoms in total. The molecule has 1 aromatic carbocycles. The number of carbonyl (C=O) groups excluding carboxylic acids is 3. The number of furan rings is 1. The molecule has 1 saturated heterocycles. The van der Waals surface area contributed by atoms with E-state index in [2.05, 4.69) is 10.1 Å². The van der Waals surface area contributed by atoms with E-state index >= 15 is 0 Å². The molecule has 0 unspecified atom stereocenters. The summed E-state index contributed by atoms with van der Waals surface area (Å²) in [6.45, 7) is 3.74. The third-order valence-electron chi connectivity index (χ3n) is 3.87. The number of urea groups is 1. The fourth-order valence-corrected chi connectivity index (χ4v) is 2.66. The Morgan fingerprint density at radius 3 is 2.75 bits per heavy atom. The summed E-state index contributed by atoms with van der Waals surface area (Å²) in [5, 5.41) is 2.55. The minimum absolute atomic E-state index is 0.00212. The van der Waals surface area contributed by atoms with Crippen molar-refractivity contribution in [1.29, 1.82) is 0 Å². The van der Waals surface area contributed by atoms with Crippen LogP contribution in [0.25, 0.3) is 6.08 Å². The highest BCUT2D eigenvalue weighted by Crippen LogP contribution is 2.21. The molecular weight excluding hydrogens is 364 g/mol. The van der Waals surface area contributed by atoms with Crippen molar-refractivity contribution in [2.24, 2.45) is 0 Å². The second-order valence-corrected chi connectivity index (χ2v) is 6.38. The lowest BCUT2D eigenvalue weighted by Crippen LogP contribution is -2.30. The summed E-state index contributed by atoms with van der Waals surface area (Å²) in [5.41, 5.74) is 0.862. The normalized spacial score (nSPS) is 15.3. The molecule has 1 aliphatic rings. The van der Waals surface area contributed by atoms with Crippen LogP contribution >= 0.6 is 0 Å². The number of esters is 1. The number of methoxy groups -OCH3 is 1. The van der Waals surface area contributed by atoms with Gasteiger partial charge in [0.2, 0.25) is 5.76 Å². The van der Waals surface area contributed by atoms with Crippen molar-refractivity contribution in [3.63, 3.8) is 0 Å². The summed E-state index contributed by atoms with van der Waals surface area (Å²) in [6.07, 6.45) is 1.60. The number of rotatable bonds is 6. The maximum absolute atomic E-state index is 12.6. The second-order valence-electron chi connectivity index (χ2n) is 6.38. The predicted molar refractivity (Wildman–Crippen MR) is 99.3 cm³/mol. The molecule has 0 saturated carbocycles. The third-order valence-corrected chi connectivity index (χ3v) is 3.87. The van der Waals surface area contributed by atoms with Crippen LogP contribution in [-0.2, 0) is 16.1 Å². The number of ether oxygens (including phenoxy) is 2. The van der Waals surface area contributed by atoms with E-state index in [0.717, 1.165) is 10.5 Å². The van der Waals surface area contributed by atoms with Crippen LogP contribution < -0.4 is 10.1 Å². The number of carbonyl (C=O) groups is 3. The molecule has 146 valence electrons. The van der Waals surface area contributed by atoms with Crippen molar-refractivity contribution >= 4 is 24.0 Å². The highest BCUT2D eigenvalue weighted by molar-refractivity contribution is 6.13. The van der Waals surface area contributed by atoms with Crippen LogP contribution in [0.5, 0.6) is 5.75 Å². The Labute approximate surface area is 161 Å². The Morgan fingerprint density at radius 1 is 1.25 bits per heavy atom. The van der Waals surface area contributed by atoms with Crippen molar-refractivity contribution in [2.45, 2.75) is 26.5 Å². The average Bonchev–Trinajstić information content (AvgIpc) is 3.22. The van der Waals surface area contributed by atoms with E-state index < -0.39 is 17.9 Å². The van der Waals surface area contributed by atoms with Crippen LogP contribution in [-0.4, -0.2) is 36.0 Å². The number of hydrogen-bond donors (Lipinski definition) is 1. The van der Waals surface area contributed by atoms with Crippen molar-refractivity contribution < 1.29 is 28.3 Å². The molecule has 0 radical (unpaired) electrons. The molecule has 3 rings (SSSR count). The molecule has 1 fully saturated rings. The van der Waals surface area contributed by atoms with Gasteiger partial charge in [-0.3, -0.25) is 9.69 Å². The van der Waals surface area contributed by atoms with Gasteiger partial charge in [-0.25, -0.2) is 9.59 Å². The summed E-state index contributed by atoms with van der Waals surface area (Å²) in [7, 11) is 1.24. The van der Waals surface area contributed by atoms with E-state index in [1.807, 2.05) is 19.9 Å². The minimum Gasteiger partial charge on any atom is -0.491 e. The van der Waals surface area contributed by atoms with Gasteiger partial charge in [0, 0.05) is 0 Å². The van der Waals surface area contributed by atoms with Gasteiger partial charge in [0.15, 0.2) is 0 Å².